The van der Waals surface area contributed by atoms with Gasteiger partial charge in [0.25, 0.3) is 0 Å². The van der Waals surface area contributed by atoms with Gasteiger partial charge in [-0.3, -0.25) is 10.1 Å². The van der Waals surface area contributed by atoms with Crippen molar-refractivity contribution in [2.45, 2.75) is 57.2 Å². The van der Waals surface area contributed by atoms with Gasteiger partial charge in [0.05, 0.1) is 17.6 Å². The molecule has 1 aromatic rings. The van der Waals surface area contributed by atoms with Crippen LogP contribution in [0.4, 0.5) is 5.13 Å². The van der Waals surface area contributed by atoms with E-state index in [0.717, 1.165) is 24.3 Å². The quantitative estimate of drug-likeness (QED) is 0.922. The van der Waals surface area contributed by atoms with Crippen molar-refractivity contribution in [2.75, 3.05) is 5.32 Å². The summed E-state index contributed by atoms with van der Waals surface area (Å²) in [6.45, 7) is 2.01. The lowest BCUT2D eigenvalue weighted by molar-refractivity contribution is -0.127. The molecule has 6 heteroatoms. The Hall–Kier alpha value is -1.01. The largest absolute Gasteiger partial charge is 0.374 e. The molecule has 2 saturated heterocycles. The lowest BCUT2D eigenvalue weighted by Gasteiger charge is -2.28. The van der Waals surface area contributed by atoms with Crippen molar-refractivity contribution in [1.82, 2.24) is 10.2 Å². The second kappa shape index (κ2) is 3.99. The van der Waals surface area contributed by atoms with Crippen LogP contribution in [0.15, 0.2) is 0 Å². The highest BCUT2D eigenvalue weighted by Crippen LogP contribution is 2.48. The maximum Gasteiger partial charge on any atom is 0.234 e. The molecule has 3 fully saturated rings. The van der Waals surface area contributed by atoms with Crippen LogP contribution in [0.5, 0.6) is 0 Å². The highest BCUT2D eigenvalue weighted by molar-refractivity contribution is 7.15. The van der Waals surface area contributed by atoms with E-state index in [1.54, 1.807) is 0 Å². The standard InChI is InChI=1S/C13H17N3O2S/c1-13(6-8-4-5-9(13)18-8)11(17)14-12-16-15-10(19-12)7-2-3-7/h7-9H,2-6H2,1H3,(H,14,16,17)/t8-,9+,13+/m1/s1. The lowest BCUT2D eigenvalue weighted by Crippen LogP contribution is -2.41. The van der Waals surface area contributed by atoms with Crippen LogP contribution in [0.2, 0.25) is 0 Å². The van der Waals surface area contributed by atoms with Gasteiger partial charge in [0.1, 0.15) is 5.01 Å². The van der Waals surface area contributed by atoms with Gasteiger partial charge in [0.15, 0.2) is 0 Å². The minimum atomic E-state index is -0.395. The van der Waals surface area contributed by atoms with Crippen LogP contribution >= 0.6 is 11.3 Å². The minimum absolute atomic E-state index is 0.0400. The predicted molar refractivity (Wildman–Crippen MR) is 71.1 cm³/mol. The van der Waals surface area contributed by atoms with Gasteiger partial charge in [0, 0.05) is 5.92 Å². The van der Waals surface area contributed by atoms with Crippen LogP contribution in [0, 0.1) is 5.41 Å². The van der Waals surface area contributed by atoms with Crippen LogP contribution in [0.1, 0.15) is 50.0 Å². The Kier molecular flexibility index (Phi) is 2.48. The SMILES string of the molecule is C[C@]1(C(=O)Nc2nnc(C3CC3)s2)C[C@H]2CC[C@@H]1O2. The van der Waals surface area contributed by atoms with Gasteiger partial charge >= 0.3 is 0 Å². The third-order valence-electron chi connectivity index (χ3n) is 4.58. The fraction of sp³-hybridized carbons (Fsp3) is 0.769. The molecule has 1 saturated carbocycles. The minimum Gasteiger partial charge on any atom is -0.374 e. The van der Waals surface area contributed by atoms with E-state index in [1.807, 2.05) is 6.92 Å². The number of rotatable bonds is 3. The van der Waals surface area contributed by atoms with E-state index in [2.05, 4.69) is 15.5 Å². The molecule has 3 atom stereocenters. The topological polar surface area (TPSA) is 64.1 Å². The number of amides is 1. The first-order valence-corrected chi connectivity index (χ1v) is 7.77. The molecule has 0 radical (unpaired) electrons. The number of anilines is 1. The molecule has 0 aromatic carbocycles. The molecule has 5 nitrogen and oxygen atoms in total. The van der Waals surface area contributed by atoms with Gasteiger partial charge in [-0.1, -0.05) is 11.3 Å². The number of hydrogen-bond donors (Lipinski definition) is 1. The number of aromatic nitrogens is 2. The van der Waals surface area contributed by atoms with E-state index in [0.29, 0.717) is 11.0 Å². The summed E-state index contributed by atoms with van der Waals surface area (Å²) in [7, 11) is 0. The number of fused-ring (bicyclic) bond motifs is 2. The molecular weight excluding hydrogens is 262 g/mol. The summed E-state index contributed by atoms with van der Waals surface area (Å²) in [6, 6.07) is 0. The summed E-state index contributed by atoms with van der Waals surface area (Å²) in [4.78, 5) is 12.5. The van der Waals surface area contributed by atoms with Crippen molar-refractivity contribution >= 4 is 22.4 Å². The van der Waals surface area contributed by atoms with E-state index in [-0.39, 0.29) is 18.1 Å². The van der Waals surface area contributed by atoms with Gasteiger partial charge in [-0.25, -0.2) is 0 Å². The second-order valence-electron chi connectivity index (χ2n) is 6.12. The Bertz CT molecular complexity index is 528. The van der Waals surface area contributed by atoms with Crippen molar-refractivity contribution in [3.8, 4) is 0 Å². The van der Waals surface area contributed by atoms with Gasteiger partial charge in [-0.15, -0.1) is 10.2 Å². The van der Waals surface area contributed by atoms with Crippen LogP contribution in [-0.4, -0.2) is 28.3 Å². The van der Waals surface area contributed by atoms with Crippen LogP contribution in [-0.2, 0) is 9.53 Å². The van der Waals surface area contributed by atoms with Gasteiger partial charge < -0.3 is 4.74 Å². The van der Waals surface area contributed by atoms with Crippen molar-refractivity contribution in [2.24, 2.45) is 5.41 Å². The third-order valence-corrected chi connectivity index (χ3v) is 5.58. The molecule has 4 rings (SSSR count). The fourth-order valence-corrected chi connectivity index (χ4v) is 4.10. The van der Waals surface area contributed by atoms with Crippen LogP contribution in [0.3, 0.4) is 0 Å². The zero-order chi connectivity index (χ0) is 13.0. The maximum absolute atomic E-state index is 12.5. The van der Waals surface area contributed by atoms with Crippen LogP contribution in [0.25, 0.3) is 0 Å². The molecule has 1 amide bonds. The van der Waals surface area contributed by atoms with Crippen molar-refractivity contribution in [1.29, 1.82) is 0 Å². The molecule has 3 aliphatic rings. The Balaban J connectivity index is 1.48. The molecule has 1 N–H and O–H groups in total. The highest BCUT2D eigenvalue weighted by Gasteiger charge is 2.54. The first-order chi connectivity index (χ1) is 9.15. The molecule has 2 aliphatic heterocycles. The first kappa shape index (κ1) is 11.8. The van der Waals surface area contributed by atoms with Crippen molar-refractivity contribution in [3.63, 3.8) is 0 Å². The molecule has 0 unspecified atom stereocenters. The van der Waals surface area contributed by atoms with Gasteiger partial charge in [0.2, 0.25) is 11.0 Å². The Morgan fingerprint density at radius 3 is 2.84 bits per heavy atom. The summed E-state index contributed by atoms with van der Waals surface area (Å²) in [5.74, 6) is 0.628. The van der Waals surface area contributed by atoms with Crippen LogP contribution < -0.4 is 5.32 Å². The van der Waals surface area contributed by atoms with E-state index in [9.17, 15) is 4.79 Å². The third kappa shape index (κ3) is 1.89. The fourth-order valence-electron chi connectivity index (χ4n) is 3.19. The normalized spacial score (nSPS) is 36.7. The maximum atomic E-state index is 12.5. The van der Waals surface area contributed by atoms with E-state index < -0.39 is 5.41 Å². The molecular formula is C13H17N3O2S. The number of nitrogens with one attached hydrogen (secondary N) is 1. The Morgan fingerprint density at radius 1 is 1.37 bits per heavy atom. The highest BCUT2D eigenvalue weighted by atomic mass is 32.1. The number of carbonyl (C=O) groups excluding carboxylic acids is 1. The lowest BCUT2D eigenvalue weighted by atomic mass is 9.75. The van der Waals surface area contributed by atoms with Crippen molar-refractivity contribution < 1.29 is 9.53 Å². The number of nitrogens with zero attached hydrogens (tertiary/aromatic N) is 2. The molecule has 102 valence electrons. The molecule has 1 aromatic heterocycles. The van der Waals surface area contributed by atoms with Crippen molar-refractivity contribution in [3.05, 3.63) is 5.01 Å². The summed E-state index contributed by atoms with van der Waals surface area (Å²) >= 11 is 1.51. The summed E-state index contributed by atoms with van der Waals surface area (Å²) in [5.41, 5.74) is -0.395. The summed E-state index contributed by atoms with van der Waals surface area (Å²) in [5, 5.41) is 12.9. The number of ether oxygens (including phenoxy) is 1. The number of carbonyl (C=O) groups is 1. The molecule has 1 aliphatic carbocycles. The zero-order valence-corrected chi connectivity index (χ0v) is 11.7. The Labute approximate surface area is 115 Å². The zero-order valence-electron chi connectivity index (χ0n) is 10.9. The Morgan fingerprint density at radius 2 is 2.21 bits per heavy atom. The molecule has 2 bridgehead atoms. The van der Waals surface area contributed by atoms with E-state index in [4.69, 9.17) is 4.74 Å². The average molecular weight is 279 g/mol. The second-order valence-corrected chi connectivity index (χ2v) is 7.13. The van der Waals surface area contributed by atoms with Gasteiger partial charge in [-0.05, 0) is 39.0 Å². The monoisotopic (exact) mass is 279 g/mol. The average Bonchev–Trinajstić information content (AvgIpc) is 2.84. The first-order valence-electron chi connectivity index (χ1n) is 6.95. The smallest absolute Gasteiger partial charge is 0.234 e. The predicted octanol–water partition coefficient (Wildman–Crippen LogP) is 2.31. The molecule has 3 heterocycles. The summed E-state index contributed by atoms with van der Waals surface area (Å²) < 4.78 is 5.81. The summed E-state index contributed by atoms with van der Waals surface area (Å²) in [6.07, 6.45) is 5.69. The van der Waals surface area contributed by atoms with E-state index in [1.165, 1.54) is 24.2 Å². The molecule has 0 spiro atoms. The molecule has 19 heavy (non-hydrogen) atoms. The number of hydrogen-bond acceptors (Lipinski definition) is 5. The van der Waals surface area contributed by atoms with E-state index >= 15 is 0 Å². The van der Waals surface area contributed by atoms with Gasteiger partial charge in [-0.2, -0.15) is 0 Å².